The van der Waals surface area contributed by atoms with E-state index in [1.165, 1.54) is 33.8 Å². The molecule has 10 rings (SSSR count). The fourth-order valence-corrected chi connectivity index (χ4v) is 11.6. The van der Waals surface area contributed by atoms with Crippen molar-refractivity contribution in [2.24, 2.45) is 0 Å². The number of thiazole rings is 4. The zero-order valence-electron chi connectivity index (χ0n) is 40.1. The summed E-state index contributed by atoms with van der Waals surface area (Å²) in [6, 6.07) is 40.5. The number of hydrogen-bond donors (Lipinski definition) is 0. The Kier molecular flexibility index (Phi) is 32.4. The highest BCUT2D eigenvalue weighted by molar-refractivity contribution is 9.10. The molecule has 0 bridgehead atoms. The molecule has 0 N–H and O–H groups in total. The highest BCUT2D eigenvalue weighted by atomic mass is 79.9. The molecule has 0 unspecified atom stereocenters. The minimum absolute atomic E-state index is 0.0387. The monoisotopic (exact) mass is 1220 g/mol. The molecule has 4 heterocycles. The Bertz CT molecular complexity index is 2810. The van der Waals surface area contributed by atoms with Crippen molar-refractivity contribution in [3.05, 3.63) is 149 Å². The van der Waals surface area contributed by atoms with Gasteiger partial charge < -0.3 is 18.9 Å². The van der Waals surface area contributed by atoms with Gasteiger partial charge in [0.1, 0.15) is 42.9 Å². The van der Waals surface area contributed by atoms with Gasteiger partial charge in [-0.25, -0.2) is 24.3 Å². The molecule has 4 aromatic carbocycles. The molecular formula is C50H44BrF13N4O4S4. The van der Waals surface area contributed by atoms with Crippen LogP contribution in [-0.2, 0) is 0 Å². The lowest BCUT2D eigenvalue weighted by atomic mass is 10.1. The van der Waals surface area contributed by atoms with Gasteiger partial charge in [0.2, 0.25) is 20.3 Å². The number of methoxy groups -OCH3 is 4. The van der Waals surface area contributed by atoms with Crippen molar-refractivity contribution < 1.29 is 78.2 Å². The van der Waals surface area contributed by atoms with Crippen LogP contribution in [0.15, 0.2) is 132 Å². The molecule has 0 aliphatic heterocycles. The molecule has 2 aliphatic carbocycles. The van der Waals surface area contributed by atoms with Gasteiger partial charge in [-0.3, -0.25) is 0 Å². The predicted molar refractivity (Wildman–Crippen MR) is 280 cm³/mol. The molecule has 0 spiro atoms. The maximum atomic E-state index is 13.8. The van der Waals surface area contributed by atoms with Gasteiger partial charge in [-0.15, -0.1) is 0 Å². The number of allylic oxidation sites excluding steroid dienone is 4. The number of halogens is 14. The highest BCUT2D eigenvalue weighted by Crippen LogP contribution is 2.49. The Morgan fingerprint density at radius 2 is 0.605 bits per heavy atom. The van der Waals surface area contributed by atoms with Crippen molar-refractivity contribution in [2.75, 3.05) is 28.4 Å². The van der Waals surface area contributed by atoms with E-state index in [-0.39, 0.29) is 5.83 Å². The smallest absolute Gasteiger partial charge is 0.209 e. The van der Waals surface area contributed by atoms with Gasteiger partial charge in [0.25, 0.3) is 0 Å². The third-order valence-electron chi connectivity index (χ3n) is 10.4. The van der Waals surface area contributed by atoms with Crippen molar-refractivity contribution in [3.63, 3.8) is 0 Å². The summed E-state index contributed by atoms with van der Waals surface area (Å²) in [4.78, 5) is 18.9. The lowest BCUT2D eigenvalue weighted by Gasteiger charge is -2.07. The largest absolute Gasteiger partial charge is 0.486 e. The predicted octanol–water partition coefficient (Wildman–Crippen LogP) is 20.4. The van der Waals surface area contributed by atoms with Gasteiger partial charge in [-0.05, 0) is 65.6 Å². The first kappa shape index (κ1) is 65.8. The zero-order valence-corrected chi connectivity index (χ0v) is 45.0. The molecule has 0 amide bonds. The molecule has 0 saturated carbocycles. The van der Waals surface area contributed by atoms with Crippen molar-refractivity contribution in [3.8, 4) is 62.5 Å². The molecule has 410 valence electrons. The van der Waals surface area contributed by atoms with E-state index in [1.807, 2.05) is 97.1 Å². The van der Waals surface area contributed by atoms with Crippen LogP contribution < -0.4 is 18.9 Å². The van der Waals surface area contributed by atoms with E-state index in [4.69, 9.17) is 83.8 Å². The summed E-state index contributed by atoms with van der Waals surface area (Å²) in [6.07, 6.45) is 5.14. The normalized spacial score (nSPS) is 11.7. The molecule has 0 radical (unpaired) electrons. The second-order valence-corrected chi connectivity index (χ2v) is 19.0. The molecule has 8 nitrogen and oxygen atoms in total. The number of ether oxygens (including phenoxy) is 4. The summed E-state index contributed by atoms with van der Waals surface area (Å²) >= 11 is 9.53. The third kappa shape index (κ3) is 17.9. The van der Waals surface area contributed by atoms with Crippen molar-refractivity contribution in [1.29, 1.82) is 0 Å². The van der Waals surface area contributed by atoms with E-state index < -0.39 is 0 Å². The van der Waals surface area contributed by atoms with Gasteiger partial charge in [-0.2, -0.15) is 0 Å². The van der Waals surface area contributed by atoms with Crippen LogP contribution in [-0.4, -0.2) is 48.4 Å². The fourth-order valence-electron chi connectivity index (χ4n) is 7.36. The van der Waals surface area contributed by atoms with Crippen LogP contribution in [0.4, 0.5) is 59.3 Å². The third-order valence-corrected chi connectivity index (χ3v) is 15.5. The minimum atomic E-state index is -0.0387. The molecular weight excluding hydrogens is 1180 g/mol. The van der Waals surface area contributed by atoms with E-state index in [2.05, 4.69) is 50.2 Å². The van der Waals surface area contributed by atoms with E-state index in [1.54, 1.807) is 51.1 Å². The van der Waals surface area contributed by atoms with Crippen molar-refractivity contribution in [2.45, 2.75) is 38.5 Å². The van der Waals surface area contributed by atoms with Gasteiger partial charge in [0, 0.05) is 82.7 Å². The van der Waals surface area contributed by atoms with Gasteiger partial charge in [0.05, 0.1) is 28.4 Å². The van der Waals surface area contributed by atoms with Crippen LogP contribution in [0.5, 0.6) is 20.3 Å². The average molecular weight is 1220 g/mol. The first-order chi connectivity index (χ1) is 37.4. The summed E-state index contributed by atoms with van der Waals surface area (Å²) in [7, 11) is 6.70. The quantitative estimate of drug-likeness (QED) is 0.118. The Labute approximate surface area is 452 Å². The van der Waals surface area contributed by atoms with Crippen LogP contribution in [0.1, 0.15) is 55.6 Å². The molecule has 0 atom stereocenters. The SMILES string of the molecule is COc1sc(-c2ccccc2)nc1Br.COc1sc(-c2ccccc2)nc1C1=C(F)CCC1.COc1sc(-c2ccccc2)nc1C1=C(c2nc(-c3ccccc3)sc2OC)CCC1.FF.FF.FF.FF.FF.FF. The first-order valence-electron chi connectivity index (χ1n) is 21.4. The Morgan fingerprint density at radius 3 is 0.868 bits per heavy atom. The Morgan fingerprint density at radius 1 is 0.355 bits per heavy atom. The minimum Gasteiger partial charge on any atom is -0.486 e. The lowest BCUT2D eigenvalue weighted by Crippen LogP contribution is -1.93. The molecule has 8 aromatic rings. The fraction of sp³-hybridized carbons (Fsp3) is 0.200. The summed E-state index contributed by atoms with van der Waals surface area (Å²) in [6.45, 7) is 0. The second-order valence-electron chi connectivity index (χ2n) is 14.4. The lowest BCUT2D eigenvalue weighted by molar-refractivity contribution is 0.108. The number of hydrogen-bond acceptors (Lipinski definition) is 12. The van der Waals surface area contributed by atoms with Crippen molar-refractivity contribution in [1.82, 2.24) is 19.9 Å². The summed E-state index contributed by atoms with van der Waals surface area (Å²) in [5.41, 5.74) is 10.1. The standard InChI is InChI=1S/C25H22N2O2S2.C15H14FNOS.C10H8BrNOS.6F2/c1-28-24-20(26-22(30-24)16-10-5-3-6-11-16)18-14-9-15-19(18)21-25(29-2)31-23(27-21)17-12-7-4-8-13-17;1-18-15-13(11-8-5-9-12(11)16)17-14(19-15)10-6-3-2-4-7-10;1-13-10-8(11)12-9(14-10)7-5-3-2-4-6-7;6*1-2/h3-8,10-13H,9,14-15H2,1-2H3;2-4,6-7H,5,8-9H2,1H3;2-6H,1H3;;;;;;. The van der Waals surface area contributed by atoms with E-state index in [9.17, 15) is 4.39 Å². The Balaban J connectivity index is 0.000000377. The zero-order chi connectivity index (χ0) is 56.4. The van der Waals surface area contributed by atoms with Gasteiger partial charge in [0.15, 0.2) is 4.60 Å². The number of rotatable bonds is 11. The maximum absolute atomic E-state index is 13.8. The summed E-state index contributed by atoms with van der Waals surface area (Å²) < 4.78 is 133. The molecule has 4 aromatic heterocycles. The van der Waals surface area contributed by atoms with Crippen LogP contribution in [0.25, 0.3) is 59.0 Å². The molecule has 0 saturated heterocycles. The van der Waals surface area contributed by atoms with Gasteiger partial charge in [-0.1, -0.05) is 167 Å². The van der Waals surface area contributed by atoms with Crippen LogP contribution in [0, 0.1) is 0 Å². The topological polar surface area (TPSA) is 88.5 Å². The van der Waals surface area contributed by atoms with Crippen LogP contribution >= 0.6 is 61.3 Å². The summed E-state index contributed by atoms with van der Waals surface area (Å²) in [5, 5.41) is 7.00. The molecule has 2 aliphatic rings. The molecule has 0 fully saturated rings. The first-order valence-corrected chi connectivity index (χ1v) is 25.5. The highest BCUT2D eigenvalue weighted by Gasteiger charge is 2.29. The van der Waals surface area contributed by atoms with Crippen LogP contribution in [0.3, 0.4) is 0 Å². The molecule has 26 heteroatoms. The number of nitrogens with zero attached hydrogens (tertiary/aromatic N) is 4. The molecule has 76 heavy (non-hydrogen) atoms. The average Bonchev–Trinajstić information content (AvgIpc) is 4.41. The second kappa shape index (κ2) is 37.4. The van der Waals surface area contributed by atoms with Crippen LogP contribution in [0.2, 0.25) is 0 Å². The Hall–Kier alpha value is -6.35. The summed E-state index contributed by atoms with van der Waals surface area (Å²) in [5.74, 6) is -0.0387. The van der Waals surface area contributed by atoms with Crippen molar-refractivity contribution >= 4 is 78.0 Å². The van der Waals surface area contributed by atoms with E-state index in [0.29, 0.717) is 17.2 Å². The van der Waals surface area contributed by atoms with E-state index in [0.717, 1.165) is 111 Å². The van der Waals surface area contributed by atoms with Gasteiger partial charge >= 0.3 is 0 Å². The number of benzene rings is 4. The number of aromatic nitrogens is 4. The maximum Gasteiger partial charge on any atom is 0.209 e. The van der Waals surface area contributed by atoms with E-state index >= 15 is 0 Å².